The van der Waals surface area contributed by atoms with Crippen molar-refractivity contribution in [1.82, 2.24) is 4.98 Å². The molecule has 4 rings (SSSR count). The molecule has 0 unspecified atom stereocenters. The molecule has 0 aliphatic rings. The van der Waals surface area contributed by atoms with Gasteiger partial charge in [0.15, 0.2) is 0 Å². The van der Waals surface area contributed by atoms with Gasteiger partial charge in [0.05, 0.1) is 11.3 Å². The highest BCUT2D eigenvalue weighted by Gasteiger charge is 2.16. The number of amides is 1. The molecule has 1 N–H and O–H groups in total. The normalized spacial score (nSPS) is 10.8. The highest BCUT2D eigenvalue weighted by molar-refractivity contribution is 7.99. The second-order valence-electron chi connectivity index (χ2n) is 9.00. The van der Waals surface area contributed by atoms with Crippen molar-refractivity contribution in [2.45, 2.75) is 38.1 Å². The molecular weight excluding hydrogens is 462 g/mol. The number of rotatable bonds is 8. The minimum atomic E-state index is -0.0590. The van der Waals surface area contributed by atoms with Crippen LogP contribution in [-0.2, 0) is 4.79 Å². The lowest BCUT2D eigenvalue weighted by molar-refractivity contribution is -0.115. The number of benzene rings is 3. The standard InChI is InChI=1S/C31H29N3OS/c1-21(2)23-13-15-26(16-14-23)33-30(35)17-18-36-31-28(20-32)27(24-11-9-22(3)10-12-24)19-29(34-31)25-7-5-4-6-8-25/h4-16,19,21H,17-18H2,1-3H3,(H,33,35). The SMILES string of the molecule is Cc1ccc(-c2cc(-c3ccccc3)nc(SCCC(=O)Nc3ccc(C(C)C)cc3)c2C#N)cc1. The molecule has 36 heavy (non-hydrogen) atoms. The van der Waals surface area contributed by atoms with E-state index in [1.165, 1.54) is 17.3 Å². The molecule has 3 aromatic carbocycles. The summed E-state index contributed by atoms with van der Waals surface area (Å²) >= 11 is 1.44. The van der Waals surface area contributed by atoms with E-state index in [1.807, 2.05) is 91.9 Å². The van der Waals surface area contributed by atoms with Crippen molar-refractivity contribution < 1.29 is 4.79 Å². The molecule has 180 valence electrons. The van der Waals surface area contributed by atoms with Crippen LogP contribution in [0.15, 0.2) is 90.0 Å². The van der Waals surface area contributed by atoms with Gasteiger partial charge in [0.1, 0.15) is 11.1 Å². The first-order valence-electron chi connectivity index (χ1n) is 12.0. The molecule has 0 aliphatic carbocycles. The minimum absolute atomic E-state index is 0.0590. The van der Waals surface area contributed by atoms with Crippen molar-refractivity contribution >= 4 is 23.4 Å². The van der Waals surface area contributed by atoms with E-state index < -0.39 is 0 Å². The van der Waals surface area contributed by atoms with Crippen LogP contribution in [-0.4, -0.2) is 16.6 Å². The molecule has 5 heteroatoms. The summed E-state index contributed by atoms with van der Waals surface area (Å²) in [5.74, 6) is 0.907. The Morgan fingerprint density at radius 2 is 1.67 bits per heavy atom. The first-order valence-corrected chi connectivity index (χ1v) is 13.0. The zero-order chi connectivity index (χ0) is 25.5. The van der Waals surface area contributed by atoms with Crippen LogP contribution in [0.4, 0.5) is 5.69 Å². The van der Waals surface area contributed by atoms with Crippen molar-refractivity contribution in [2.75, 3.05) is 11.1 Å². The summed E-state index contributed by atoms with van der Waals surface area (Å²) in [5, 5.41) is 13.7. The maximum Gasteiger partial charge on any atom is 0.225 e. The second kappa shape index (κ2) is 11.7. The van der Waals surface area contributed by atoms with Crippen LogP contribution in [0, 0.1) is 18.3 Å². The van der Waals surface area contributed by atoms with Gasteiger partial charge in [-0.2, -0.15) is 5.26 Å². The number of nitrogens with zero attached hydrogens (tertiary/aromatic N) is 2. The number of nitriles is 1. The summed E-state index contributed by atoms with van der Waals surface area (Å²) in [6, 6.07) is 30.4. The third kappa shape index (κ3) is 6.21. The Labute approximate surface area is 217 Å². The van der Waals surface area contributed by atoms with Gasteiger partial charge in [0.25, 0.3) is 0 Å². The maximum atomic E-state index is 12.6. The quantitative estimate of drug-likeness (QED) is 0.255. The van der Waals surface area contributed by atoms with E-state index in [0.717, 1.165) is 33.6 Å². The molecule has 1 amide bonds. The molecule has 0 radical (unpaired) electrons. The van der Waals surface area contributed by atoms with E-state index in [1.54, 1.807) is 0 Å². The molecule has 1 heterocycles. The number of carbonyl (C=O) groups excluding carboxylic acids is 1. The van der Waals surface area contributed by atoms with Crippen molar-refractivity contribution in [3.8, 4) is 28.5 Å². The molecule has 0 aliphatic heterocycles. The number of hydrogen-bond donors (Lipinski definition) is 1. The molecule has 0 saturated heterocycles. The molecule has 4 nitrogen and oxygen atoms in total. The molecule has 0 atom stereocenters. The number of anilines is 1. The zero-order valence-electron chi connectivity index (χ0n) is 20.8. The molecule has 0 fully saturated rings. The molecule has 4 aromatic rings. The average molecular weight is 492 g/mol. The monoisotopic (exact) mass is 491 g/mol. The number of thioether (sulfide) groups is 1. The van der Waals surface area contributed by atoms with E-state index in [2.05, 4.69) is 25.2 Å². The predicted octanol–water partition coefficient (Wildman–Crippen LogP) is 7.84. The second-order valence-corrected chi connectivity index (χ2v) is 10.1. The largest absolute Gasteiger partial charge is 0.326 e. The Morgan fingerprint density at radius 3 is 2.31 bits per heavy atom. The first kappa shape index (κ1) is 25.2. The summed E-state index contributed by atoms with van der Waals surface area (Å²) < 4.78 is 0. The Bertz CT molecular complexity index is 1370. The fraction of sp³-hybridized carbons (Fsp3) is 0.194. The van der Waals surface area contributed by atoms with E-state index in [0.29, 0.717) is 28.7 Å². The van der Waals surface area contributed by atoms with Crippen LogP contribution < -0.4 is 5.32 Å². The van der Waals surface area contributed by atoms with Gasteiger partial charge in [-0.3, -0.25) is 4.79 Å². The van der Waals surface area contributed by atoms with Crippen molar-refractivity contribution in [2.24, 2.45) is 0 Å². The average Bonchev–Trinajstić information content (AvgIpc) is 2.89. The van der Waals surface area contributed by atoms with Gasteiger partial charge in [0, 0.05) is 29.0 Å². The number of nitrogens with one attached hydrogen (secondary N) is 1. The fourth-order valence-electron chi connectivity index (χ4n) is 3.87. The molecule has 0 saturated carbocycles. The Morgan fingerprint density at radius 1 is 0.972 bits per heavy atom. The number of pyridine rings is 1. The predicted molar refractivity (Wildman–Crippen MR) is 149 cm³/mol. The Balaban J connectivity index is 1.55. The first-order chi connectivity index (χ1) is 17.4. The molecular formula is C31H29N3OS. The Kier molecular flexibility index (Phi) is 8.20. The van der Waals surface area contributed by atoms with Gasteiger partial charge in [-0.1, -0.05) is 86.1 Å². The van der Waals surface area contributed by atoms with Crippen molar-refractivity contribution in [3.63, 3.8) is 0 Å². The van der Waals surface area contributed by atoms with Gasteiger partial charge in [-0.25, -0.2) is 4.98 Å². The minimum Gasteiger partial charge on any atom is -0.326 e. The lowest BCUT2D eigenvalue weighted by atomic mass is 9.98. The van der Waals surface area contributed by atoms with Gasteiger partial charge >= 0.3 is 0 Å². The van der Waals surface area contributed by atoms with Crippen molar-refractivity contribution in [1.29, 1.82) is 5.26 Å². The third-order valence-electron chi connectivity index (χ3n) is 5.96. The van der Waals surface area contributed by atoms with Gasteiger partial charge < -0.3 is 5.32 Å². The Hall–Kier alpha value is -3.88. The van der Waals surface area contributed by atoms with Crippen LogP contribution in [0.2, 0.25) is 0 Å². The number of hydrogen-bond acceptors (Lipinski definition) is 4. The summed E-state index contributed by atoms with van der Waals surface area (Å²) in [6.07, 6.45) is 0.318. The topological polar surface area (TPSA) is 65.8 Å². The fourth-order valence-corrected chi connectivity index (χ4v) is 4.81. The van der Waals surface area contributed by atoms with Crippen molar-refractivity contribution in [3.05, 3.63) is 102 Å². The molecule has 1 aromatic heterocycles. The number of carbonyl (C=O) groups is 1. The third-order valence-corrected chi connectivity index (χ3v) is 6.94. The van der Waals surface area contributed by atoms with E-state index in [-0.39, 0.29) is 5.91 Å². The van der Waals surface area contributed by atoms with E-state index in [9.17, 15) is 10.1 Å². The molecule has 0 spiro atoms. The lowest BCUT2D eigenvalue weighted by Crippen LogP contribution is -2.12. The van der Waals surface area contributed by atoms with Crippen LogP contribution in [0.1, 0.15) is 42.9 Å². The summed E-state index contributed by atoms with van der Waals surface area (Å²) in [5.41, 5.74) is 7.34. The summed E-state index contributed by atoms with van der Waals surface area (Å²) in [6.45, 7) is 6.33. The zero-order valence-corrected chi connectivity index (χ0v) is 21.6. The van der Waals surface area contributed by atoms with Gasteiger partial charge in [0.2, 0.25) is 5.91 Å². The van der Waals surface area contributed by atoms with Crippen LogP contribution >= 0.6 is 11.8 Å². The molecule has 0 bridgehead atoms. The highest BCUT2D eigenvalue weighted by Crippen LogP contribution is 2.34. The summed E-state index contributed by atoms with van der Waals surface area (Å²) in [7, 11) is 0. The van der Waals surface area contributed by atoms with Crippen LogP contribution in [0.25, 0.3) is 22.4 Å². The smallest absolute Gasteiger partial charge is 0.225 e. The summed E-state index contributed by atoms with van der Waals surface area (Å²) in [4.78, 5) is 17.4. The number of aromatic nitrogens is 1. The lowest BCUT2D eigenvalue weighted by Gasteiger charge is -2.13. The maximum absolute atomic E-state index is 12.6. The number of aryl methyl sites for hydroxylation is 1. The van der Waals surface area contributed by atoms with Gasteiger partial charge in [-0.15, -0.1) is 11.8 Å². The van der Waals surface area contributed by atoms with E-state index >= 15 is 0 Å². The van der Waals surface area contributed by atoms with E-state index in [4.69, 9.17) is 4.98 Å². The van der Waals surface area contributed by atoms with Gasteiger partial charge in [-0.05, 0) is 42.2 Å². The van der Waals surface area contributed by atoms with Crippen LogP contribution in [0.3, 0.4) is 0 Å². The van der Waals surface area contributed by atoms with Crippen LogP contribution in [0.5, 0.6) is 0 Å². The highest BCUT2D eigenvalue weighted by atomic mass is 32.2.